The monoisotopic (exact) mass is 490 g/mol. The number of aliphatic hydroxyl groups excluding tert-OH is 2. The number of rotatable bonds is 14. The third kappa shape index (κ3) is 7.66. The van der Waals surface area contributed by atoms with Crippen molar-refractivity contribution in [2.24, 2.45) is 0 Å². The third-order valence-electron chi connectivity index (χ3n) is 6.10. The molecule has 0 spiro atoms. The number of nitrogens with zero attached hydrogens (tertiary/aromatic N) is 2. The van der Waals surface area contributed by atoms with Gasteiger partial charge in [0.15, 0.2) is 0 Å². The smallest absolute Gasteiger partial charge is 0.320 e. The molecule has 0 aliphatic heterocycles. The molecule has 2 rings (SSSR count). The summed E-state index contributed by atoms with van der Waals surface area (Å²) in [4.78, 5) is 27.0. The maximum absolute atomic E-state index is 11.9. The lowest BCUT2D eigenvalue weighted by Crippen LogP contribution is -2.47. The minimum Gasteiger partial charge on any atom is -0.508 e. The lowest BCUT2D eigenvalue weighted by molar-refractivity contribution is -0.145. The minimum absolute atomic E-state index is 0.0305. The topological polar surface area (TPSA) is 162 Å². The van der Waals surface area contributed by atoms with E-state index in [1.54, 1.807) is 41.0 Å². The lowest BCUT2D eigenvalue weighted by atomic mass is 10.1. The van der Waals surface area contributed by atoms with Gasteiger partial charge < -0.3 is 30.6 Å². The molecule has 2 aromatic rings. The van der Waals surface area contributed by atoms with Crippen LogP contribution in [0, 0.1) is 0 Å². The van der Waals surface area contributed by atoms with Crippen molar-refractivity contribution >= 4 is 11.9 Å². The molecular weight excluding hydrogens is 456 g/mol. The molecular formula is C25H34N2O8. The van der Waals surface area contributed by atoms with Gasteiger partial charge in [-0.2, -0.15) is 0 Å². The second kappa shape index (κ2) is 13.1. The predicted octanol–water partition coefficient (Wildman–Crippen LogP) is 1.72. The van der Waals surface area contributed by atoms with Gasteiger partial charge in [0, 0.05) is 37.3 Å². The number of carboxylic acid groups (broad SMARTS) is 2. The van der Waals surface area contributed by atoms with Crippen LogP contribution in [-0.2, 0) is 35.9 Å². The van der Waals surface area contributed by atoms with Crippen molar-refractivity contribution in [2.75, 3.05) is 13.1 Å². The van der Waals surface area contributed by atoms with Crippen LogP contribution >= 0.6 is 0 Å². The van der Waals surface area contributed by atoms with Crippen LogP contribution in [0.4, 0.5) is 0 Å². The molecule has 0 aliphatic rings. The van der Waals surface area contributed by atoms with E-state index in [2.05, 4.69) is 0 Å². The fourth-order valence-corrected chi connectivity index (χ4v) is 3.90. The summed E-state index contributed by atoms with van der Waals surface area (Å²) in [6.45, 7) is 3.27. The minimum atomic E-state index is -1.07. The molecule has 0 amide bonds. The molecule has 0 heterocycles. The molecule has 0 aliphatic carbocycles. The Bertz CT molecular complexity index is 1010. The van der Waals surface area contributed by atoms with Crippen molar-refractivity contribution in [1.82, 2.24) is 9.80 Å². The van der Waals surface area contributed by atoms with Crippen molar-refractivity contribution in [2.45, 2.75) is 58.7 Å². The Morgan fingerprint density at radius 2 is 1.37 bits per heavy atom. The van der Waals surface area contributed by atoms with Crippen LogP contribution in [0.15, 0.2) is 36.4 Å². The molecule has 0 fully saturated rings. The van der Waals surface area contributed by atoms with Crippen LogP contribution in [0.1, 0.15) is 42.5 Å². The highest BCUT2D eigenvalue weighted by molar-refractivity contribution is 5.73. The number of hydrogen-bond donors (Lipinski definition) is 6. The normalized spacial score (nSPS) is 13.2. The third-order valence-corrected chi connectivity index (χ3v) is 6.10. The summed E-state index contributed by atoms with van der Waals surface area (Å²) in [6.07, 6.45) is 0.285. The van der Waals surface area contributed by atoms with Crippen molar-refractivity contribution in [3.05, 3.63) is 58.7 Å². The Morgan fingerprint density at radius 1 is 0.800 bits per heavy atom. The van der Waals surface area contributed by atoms with E-state index in [0.29, 0.717) is 22.3 Å². The number of phenols is 2. The second-order valence-corrected chi connectivity index (χ2v) is 8.46. The first-order chi connectivity index (χ1) is 16.6. The molecule has 0 bridgehead atoms. The van der Waals surface area contributed by atoms with E-state index in [0.717, 1.165) is 0 Å². The zero-order chi connectivity index (χ0) is 26.1. The molecule has 10 nitrogen and oxygen atoms in total. The Kier molecular flexibility index (Phi) is 10.5. The lowest BCUT2D eigenvalue weighted by Gasteiger charge is -2.33. The second-order valence-electron chi connectivity index (χ2n) is 8.46. The number of aliphatic carboxylic acids is 2. The first-order valence-electron chi connectivity index (χ1n) is 11.4. The van der Waals surface area contributed by atoms with Gasteiger partial charge >= 0.3 is 11.9 Å². The van der Waals surface area contributed by atoms with Crippen molar-refractivity contribution < 1.29 is 40.2 Å². The Hall–Kier alpha value is -3.18. The highest BCUT2D eigenvalue weighted by Gasteiger charge is 2.28. The van der Waals surface area contributed by atoms with Gasteiger partial charge in [0.25, 0.3) is 0 Å². The van der Waals surface area contributed by atoms with Crippen molar-refractivity contribution in [3.63, 3.8) is 0 Å². The van der Waals surface area contributed by atoms with Crippen molar-refractivity contribution in [1.29, 1.82) is 0 Å². The summed E-state index contributed by atoms with van der Waals surface area (Å²) in [5.74, 6) is -2.21. The molecule has 35 heavy (non-hydrogen) atoms. The summed E-state index contributed by atoms with van der Waals surface area (Å²) in [7, 11) is 0. The van der Waals surface area contributed by atoms with E-state index in [9.17, 15) is 40.2 Å². The molecule has 1 unspecified atom stereocenters. The number of aliphatic hydroxyl groups is 2. The SMILES string of the molecule is CC[C@H](C(=O)O)N(CCN(Cc1ccc(CO)cc1O)C(C)C(=O)O)Cc1cc(CO)ccc1O. The van der Waals surface area contributed by atoms with Gasteiger partial charge in [-0.15, -0.1) is 0 Å². The summed E-state index contributed by atoms with van der Waals surface area (Å²) < 4.78 is 0. The van der Waals surface area contributed by atoms with E-state index in [4.69, 9.17) is 0 Å². The summed E-state index contributed by atoms with van der Waals surface area (Å²) in [5, 5.41) is 58.7. The van der Waals surface area contributed by atoms with Gasteiger partial charge in [0.05, 0.1) is 13.2 Å². The molecule has 192 valence electrons. The zero-order valence-electron chi connectivity index (χ0n) is 20.0. The van der Waals surface area contributed by atoms with Gasteiger partial charge in [-0.1, -0.05) is 25.1 Å². The van der Waals surface area contributed by atoms with Gasteiger partial charge in [-0.3, -0.25) is 19.4 Å². The van der Waals surface area contributed by atoms with Crippen LogP contribution < -0.4 is 0 Å². The highest BCUT2D eigenvalue weighted by Crippen LogP contribution is 2.24. The number of aromatic hydroxyl groups is 2. The summed E-state index contributed by atoms with van der Waals surface area (Å²) in [6, 6.07) is 7.48. The number of phenolic OH excluding ortho intramolecular Hbond substituents is 2. The summed E-state index contributed by atoms with van der Waals surface area (Å²) in [5.41, 5.74) is 2.02. The molecule has 0 saturated carbocycles. The average molecular weight is 491 g/mol. The molecule has 2 atom stereocenters. The molecule has 0 radical (unpaired) electrons. The van der Waals surface area contributed by atoms with Gasteiger partial charge in [0.1, 0.15) is 23.6 Å². The standard InChI is InChI=1S/C25H34N2O8/c1-3-21(25(34)35)27(13-20-10-17(14-28)5-7-22(20)30)9-8-26(16(2)24(32)33)12-19-6-4-18(15-29)11-23(19)31/h4-7,10-11,16,21,28-31H,3,8-9,12-15H2,1-2H3,(H,32,33)(H,34,35)/t16?,21-/m1/s1. The van der Waals surface area contributed by atoms with Crippen LogP contribution in [0.2, 0.25) is 0 Å². The first kappa shape index (κ1) is 28.1. The van der Waals surface area contributed by atoms with Crippen molar-refractivity contribution in [3.8, 4) is 11.5 Å². The maximum Gasteiger partial charge on any atom is 0.320 e. The highest BCUT2D eigenvalue weighted by atomic mass is 16.4. The number of carbonyl (C=O) groups is 2. The average Bonchev–Trinajstić information content (AvgIpc) is 2.83. The van der Waals surface area contributed by atoms with Crippen LogP contribution in [0.25, 0.3) is 0 Å². The quantitative estimate of drug-likeness (QED) is 0.230. The van der Waals surface area contributed by atoms with Crippen LogP contribution in [0.3, 0.4) is 0 Å². The maximum atomic E-state index is 11.9. The molecule has 6 N–H and O–H groups in total. The Morgan fingerprint density at radius 3 is 1.91 bits per heavy atom. The molecule has 0 saturated heterocycles. The predicted molar refractivity (Wildman–Crippen MR) is 128 cm³/mol. The van der Waals surface area contributed by atoms with E-state index in [1.165, 1.54) is 19.1 Å². The Labute approximate surface area is 204 Å². The van der Waals surface area contributed by atoms with Crippen LogP contribution in [-0.4, -0.2) is 77.6 Å². The van der Waals surface area contributed by atoms with E-state index < -0.39 is 24.0 Å². The fraction of sp³-hybridized carbons (Fsp3) is 0.440. The Balaban J connectivity index is 2.31. The first-order valence-corrected chi connectivity index (χ1v) is 11.4. The number of benzene rings is 2. The van der Waals surface area contributed by atoms with E-state index in [-0.39, 0.29) is 57.3 Å². The van der Waals surface area contributed by atoms with Crippen LogP contribution in [0.5, 0.6) is 11.5 Å². The molecule has 10 heteroatoms. The number of hydrogen-bond acceptors (Lipinski definition) is 8. The largest absolute Gasteiger partial charge is 0.508 e. The summed E-state index contributed by atoms with van der Waals surface area (Å²) >= 11 is 0. The van der Waals surface area contributed by atoms with Gasteiger partial charge in [-0.05, 0) is 42.7 Å². The van der Waals surface area contributed by atoms with Gasteiger partial charge in [0.2, 0.25) is 0 Å². The molecule has 2 aromatic carbocycles. The zero-order valence-corrected chi connectivity index (χ0v) is 20.0. The fourth-order valence-electron chi connectivity index (χ4n) is 3.90. The van der Waals surface area contributed by atoms with E-state index in [1.807, 2.05) is 0 Å². The number of carboxylic acids is 2. The molecule has 0 aromatic heterocycles. The van der Waals surface area contributed by atoms with Gasteiger partial charge in [-0.25, -0.2) is 0 Å². The van der Waals surface area contributed by atoms with E-state index >= 15 is 0 Å².